The highest BCUT2D eigenvalue weighted by Crippen LogP contribution is 2.18. The molecule has 0 aliphatic rings. The molecule has 0 saturated carbocycles. The van der Waals surface area contributed by atoms with Gasteiger partial charge in [0.05, 0.1) is 6.20 Å². The van der Waals surface area contributed by atoms with Crippen LogP contribution in [0.4, 0.5) is 8.78 Å². The SMILES string of the molecule is CCC(CC)(CN)NS(=O)(=O)c1cnn(CC(F)F)c1.Cl. The summed E-state index contributed by atoms with van der Waals surface area (Å²) in [5, 5.41) is 3.62. The zero-order valence-corrected chi connectivity index (χ0v) is 13.6. The Bertz CT molecular complexity index is 524. The number of aromatic nitrogens is 2. The van der Waals surface area contributed by atoms with E-state index in [1.807, 2.05) is 13.8 Å². The van der Waals surface area contributed by atoms with Gasteiger partial charge in [0, 0.05) is 18.3 Å². The molecule has 21 heavy (non-hydrogen) atoms. The third kappa shape index (κ3) is 5.17. The Morgan fingerprint density at radius 1 is 1.43 bits per heavy atom. The number of halogens is 3. The van der Waals surface area contributed by atoms with Gasteiger partial charge in [0.25, 0.3) is 6.43 Å². The van der Waals surface area contributed by atoms with E-state index in [4.69, 9.17) is 5.73 Å². The molecular weight excluding hydrogens is 326 g/mol. The lowest BCUT2D eigenvalue weighted by Crippen LogP contribution is -2.52. The van der Waals surface area contributed by atoms with Crippen LogP contribution in [0.2, 0.25) is 0 Å². The second-order valence-corrected chi connectivity index (χ2v) is 6.27. The lowest BCUT2D eigenvalue weighted by atomic mass is 9.95. The molecule has 1 heterocycles. The van der Waals surface area contributed by atoms with Crippen molar-refractivity contribution in [3.05, 3.63) is 12.4 Å². The van der Waals surface area contributed by atoms with Crippen LogP contribution in [0.15, 0.2) is 17.3 Å². The fraction of sp³-hybridized carbons (Fsp3) is 0.727. The fourth-order valence-corrected chi connectivity index (χ4v) is 3.30. The van der Waals surface area contributed by atoms with Crippen LogP contribution in [0.25, 0.3) is 0 Å². The third-order valence-electron chi connectivity index (χ3n) is 3.34. The summed E-state index contributed by atoms with van der Waals surface area (Å²) in [5.74, 6) is 0. The normalized spacial score (nSPS) is 12.5. The van der Waals surface area contributed by atoms with Crippen LogP contribution in [0.3, 0.4) is 0 Å². The Morgan fingerprint density at radius 3 is 2.43 bits per heavy atom. The average molecular weight is 347 g/mol. The van der Waals surface area contributed by atoms with E-state index in [9.17, 15) is 17.2 Å². The molecule has 0 aliphatic carbocycles. The minimum Gasteiger partial charge on any atom is -0.329 e. The van der Waals surface area contributed by atoms with Crippen LogP contribution in [0.1, 0.15) is 26.7 Å². The van der Waals surface area contributed by atoms with E-state index in [1.165, 1.54) is 0 Å². The molecule has 0 spiro atoms. The highest BCUT2D eigenvalue weighted by Gasteiger charge is 2.31. The van der Waals surface area contributed by atoms with Crippen molar-refractivity contribution in [2.75, 3.05) is 6.54 Å². The molecule has 0 aliphatic heterocycles. The monoisotopic (exact) mass is 346 g/mol. The van der Waals surface area contributed by atoms with Crippen molar-refractivity contribution in [2.45, 2.75) is 50.1 Å². The number of nitrogens with one attached hydrogen (secondary N) is 1. The van der Waals surface area contributed by atoms with Gasteiger partial charge in [-0.25, -0.2) is 21.9 Å². The summed E-state index contributed by atoms with van der Waals surface area (Å²) in [7, 11) is -3.83. The summed E-state index contributed by atoms with van der Waals surface area (Å²) in [6, 6.07) is 0. The molecule has 0 radical (unpaired) electrons. The maximum Gasteiger partial charge on any atom is 0.257 e. The van der Waals surface area contributed by atoms with Gasteiger partial charge in [-0.15, -0.1) is 12.4 Å². The Balaban J connectivity index is 0.00000400. The van der Waals surface area contributed by atoms with Gasteiger partial charge in [0.1, 0.15) is 11.4 Å². The molecule has 1 rings (SSSR count). The van der Waals surface area contributed by atoms with E-state index in [0.29, 0.717) is 12.8 Å². The molecule has 3 N–H and O–H groups in total. The smallest absolute Gasteiger partial charge is 0.257 e. The van der Waals surface area contributed by atoms with E-state index in [1.54, 1.807) is 0 Å². The Morgan fingerprint density at radius 2 is 2.00 bits per heavy atom. The Kier molecular flexibility index (Phi) is 7.73. The quantitative estimate of drug-likeness (QED) is 0.743. The molecule has 0 saturated heterocycles. The zero-order valence-electron chi connectivity index (χ0n) is 11.9. The van der Waals surface area contributed by atoms with Crippen LogP contribution < -0.4 is 10.5 Å². The highest BCUT2D eigenvalue weighted by molar-refractivity contribution is 7.89. The van der Waals surface area contributed by atoms with Crippen LogP contribution in [-0.4, -0.2) is 36.7 Å². The van der Waals surface area contributed by atoms with Gasteiger partial charge in [-0.2, -0.15) is 5.10 Å². The van der Waals surface area contributed by atoms with Gasteiger partial charge >= 0.3 is 0 Å². The lowest BCUT2D eigenvalue weighted by molar-refractivity contribution is 0.121. The van der Waals surface area contributed by atoms with Crippen LogP contribution in [0, 0.1) is 0 Å². The van der Waals surface area contributed by atoms with Gasteiger partial charge in [-0.1, -0.05) is 13.8 Å². The summed E-state index contributed by atoms with van der Waals surface area (Å²) in [4.78, 5) is -0.141. The maximum absolute atomic E-state index is 12.2. The summed E-state index contributed by atoms with van der Waals surface area (Å²) >= 11 is 0. The van der Waals surface area contributed by atoms with Crippen molar-refractivity contribution >= 4 is 22.4 Å². The predicted octanol–water partition coefficient (Wildman–Crippen LogP) is 1.37. The zero-order chi connectivity index (χ0) is 15.4. The number of hydrogen-bond donors (Lipinski definition) is 2. The summed E-state index contributed by atoms with van der Waals surface area (Å²) < 4.78 is 52.3. The van der Waals surface area contributed by atoms with Gasteiger partial charge in [0.2, 0.25) is 10.0 Å². The van der Waals surface area contributed by atoms with Crippen molar-refractivity contribution in [1.29, 1.82) is 0 Å². The van der Waals surface area contributed by atoms with Gasteiger partial charge in [0.15, 0.2) is 0 Å². The molecule has 0 fully saturated rings. The molecule has 0 unspecified atom stereocenters. The van der Waals surface area contributed by atoms with Gasteiger partial charge in [-0.05, 0) is 12.8 Å². The van der Waals surface area contributed by atoms with E-state index in [0.717, 1.165) is 17.1 Å². The van der Waals surface area contributed by atoms with Crippen molar-refractivity contribution in [1.82, 2.24) is 14.5 Å². The lowest BCUT2D eigenvalue weighted by Gasteiger charge is -2.30. The standard InChI is InChI=1S/C11H20F2N4O2S.ClH/c1-3-11(4-2,8-14)16-20(18,19)9-5-15-17(6-9)7-10(12)13;/h5-6,10,16H,3-4,7-8,14H2,1-2H3;1H. The number of nitrogens with zero attached hydrogens (tertiary/aromatic N) is 2. The minimum atomic E-state index is -3.83. The third-order valence-corrected chi connectivity index (χ3v) is 4.87. The average Bonchev–Trinajstić information content (AvgIpc) is 2.84. The van der Waals surface area contributed by atoms with Gasteiger partial charge in [-0.3, -0.25) is 4.68 Å². The molecular formula is C11H21ClF2N4O2S. The second-order valence-electron chi connectivity index (χ2n) is 4.59. The predicted molar refractivity (Wildman–Crippen MR) is 78.2 cm³/mol. The molecule has 6 nitrogen and oxygen atoms in total. The van der Waals surface area contributed by atoms with Crippen molar-refractivity contribution in [3.63, 3.8) is 0 Å². The highest BCUT2D eigenvalue weighted by atomic mass is 35.5. The molecule has 0 bridgehead atoms. The maximum atomic E-state index is 12.2. The molecule has 10 heteroatoms. The first kappa shape index (κ1) is 20.2. The Hall–Kier alpha value is -0.770. The summed E-state index contributed by atoms with van der Waals surface area (Å²) in [6.07, 6.45) is 0.612. The van der Waals surface area contributed by atoms with E-state index >= 15 is 0 Å². The van der Waals surface area contributed by atoms with Crippen molar-refractivity contribution in [3.8, 4) is 0 Å². The molecule has 1 aromatic rings. The molecule has 0 amide bonds. The molecule has 0 aromatic carbocycles. The second kappa shape index (κ2) is 8.02. The number of alkyl halides is 2. The van der Waals surface area contributed by atoms with E-state index < -0.39 is 28.5 Å². The van der Waals surface area contributed by atoms with Crippen molar-refractivity contribution < 1.29 is 17.2 Å². The largest absolute Gasteiger partial charge is 0.329 e. The summed E-state index contributed by atoms with van der Waals surface area (Å²) in [6.45, 7) is 3.18. The number of hydrogen-bond acceptors (Lipinski definition) is 4. The number of nitrogens with two attached hydrogens (primary N) is 1. The molecule has 124 valence electrons. The number of sulfonamides is 1. The Labute approximate surface area is 129 Å². The minimum absolute atomic E-state index is 0. The van der Waals surface area contributed by atoms with E-state index in [-0.39, 0.29) is 23.8 Å². The van der Waals surface area contributed by atoms with Crippen LogP contribution >= 0.6 is 12.4 Å². The van der Waals surface area contributed by atoms with E-state index in [2.05, 4.69) is 9.82 Å². The first-order valence-corrected chi connectivity index (χ1v) is 7.81. The molecule has 0 atom stereocenters. The summed E-state index contributed by atoms with van der Waals surface area (Å²) in [5.41, 5.74) is 4.91. The fourth-order valence-electron chi connectivity index (χ4n) is 1.79. The molecule has 1 aromatic heterocycles. The van der Waals surface area contributed by atoms with Crippen molar-refractivity contribution in [2.24, 2.45) is 5.73 Å². The van der Waals surface area contributed by atoms with Gasteiger partial charge < -0.3 is 5.73 Å². The topological polar surface area (TPSA) is 90.0 Å². The van der Waals surface area contributed by atoms with Crippen LogP contribution in [-0.2, 0) is 16.6 Å². The first-order valence-electron chi connectivity index (χ1n) is 6.33. The first-order chi connectivity index (χ1) is 9.28. The van der Waals surface area contributed by atoms with Crippen LogP contribution in [0.5, 0.6) is 0 Å². The number of rotatable bonds is 8.